The molecule has 9 aromatic rings. The molecule has 0 bridgehead atoms. The fourth-order valence-electron chi connectivity index (χ4n) is 6.48. The molecule has 0 radical (unpaired) electrons. The molecule has 0 saturated carbocycles. The van der Waals surface area contributed by atoms with Crippen molar-refractivity contribution in [3.63, 3.8) is 0 Å². The van der Waals surface area contributed by atoms with Crippen molar-refractivity contribution in [1.29, 1.82) is 0 Å². The van der Waals surface area contributed by atoms with Crippen LogP contribution in [0, 0.1) is 0 Å². The number of fused-ring (bicyclic) bond motifs is 11. The van der Waals surface area contributed by atoms with Gasteiger partial charge in [-0.3, -0.25) is 9.38 Å². The number of pyridine rings is 2. The standard InChI is InChI=1S/C38H23N3/c1-2-10-29-25(7-1)8-5-11-30(29)26-16-14-24(15-17-26)28-19-21-34-32(23-28)31-20-18-27-9-6-22-39-37(27)36(31)38-40-33-12-3-4-13-35(33)41(34)38/h1-23H. The minimum Gasteiger partial charge on any atom is -0.292 e. The Bertz CT molecular complexity index is 2460. The van der Waals surface area contributed by atoms with Gasteiger partial charge in [0.25, 0.3) is 0 Å². The highest BCUT2D eigenvalue weighted by atomic mass is 15.0. The van der Waals surface area contributed by atoms with Gasteiger partial charge in [0.05, 0.1) is 27.5 Å². The van der Waals surface area contributed by atoms with Crippen LogP contribution in [-0.2, 0) is 0 Å². The fraction of sp³-hybridized carbons (Fsp3) is 0. The molecule has 6 aromatic carbocycles. The normalized spacial score (nSPS) is 11.9. The van der Waals surface area contributed by atoms with Crippen LogP contribution < -0.4 is 0 Å². The molecule has 0 aliphatic carbocycles. The number of para-hydroxylation sites is 2. The van der Waals surface area contributed by atoms with Gasteiger partial charge in [0.15, 0.2) is 0 Å². The Morgan fingerprint density at radius 3 is 2.22 bits per heavy atom. The Balaban J connectivity index is 1.29. The van der Waals surface area contributed by atoms with Crippen LogP contribution in [0.2, 0.25) is 0 Å². The highest BCUT2D eigenvalue weighted by molar-refractivity contribution is 6.22. The van der Waals surface area contributed by atoms with E-state index in [-0.39, 0.29) is 0 Å². The maximum absolute atomic E-state index is 5.11. The molecule has 0 aliphatic heterocycles. The van der Waals surface area contributed by atoms with E-state index in [2.05, 4.69) is 132 Å². The van der Waals surface area contributed by atoms with Crippen molar-refractivity contribution < 1.29 is 0 Å². The molecule has 190 valence electrons. The van der Waals surface area contributed by atoms with Crippen molar-refractivity contribution in [2.24, 2.45) is 0 Å². The summed E-state index contributed by atoms with van der Waals surface area (Å²) in [7, 11) is 0. The number of hydrogen-bond donors (Lipinski definition) is 0. The first-order valence-electron chi connectivity index (χ1n) is 13.9. The quantitative estimate of drug-likeness (QED) is 0.212. The van der Waals surface area contributed by atoms with E-state index in [1.807, 2.05) is 12.3 Å². The predicted molar refractivity (Wildman–Crippen MR) is 171 cm³/mol. The smallest absolute Gasteiger partial charge is 0.148 e. The zero-order valence-electron chi connectivity index (χ0n) is 22.1. The minimum absolute atomic E-state index is 0.949. The van der Waals surface area contributed by atoms with E-state index in [1.54, 1.807) is 0 Å². The molecule has 0 saturated heterocycles. The third-order valence-electron chi connectivity index (χ3n) is 8.41. The average molecular weight is 522 g/mol. The van der Waals surface area contributed by atoms with Gasteiger partial charge in [0.2, 0.25) is 0 Å². The lowest BCUT2D eigenvalue weighted by molar-refractivity contribution is 1.31. The molecule has 41 heavy (non-hydrogen) atoms. The maximum atomic E-state index is 5.11. The summed E-state index contributed by atoms with van der Waals surface area (Å²) < 4.78 is 2.30. The van der Waals surface area contributed by atoms with E-state index in [1.165, 1.54) is 43.8 Å². The molecule has 0 amide bonds. The number of benzene rings is 6. The van der Waals surface area contributed by atoms with Crippen molar-refractivity contribution in [2.45, 2.75) is 0 Å². The summed E-state index contributed by atoms with van der Waals surface area (Å²) in [6.45, 7) is 0. The monoisotopic (exact) mass is 521 g/mol. The topological polar surface area (TPSA) is 30.2 Å². The second-order valence-electron chi connectivity index (χ2n) is 10.7. The van der Waals surface area contributed by atoms with Gasteiger partial charge in [0.1, 0.15) is 5.65 Å². The maximum Gasteiger partial charge on any atom is 0.148 e. The van der Waals surface area contributed by atoms with Crippen LogP contribution in [0.15, 0.2) is 140 Å². The van der Waals surface area contributed by atoms with Crippen LogP contribution in [0.5, 0.6) is 0 Å². The summed E-state index contributed by atoms with van der Waals surface area (Å²) in [6.07, 6.45) is 1.87. The molecular weight excluding hydrogens is 498 g/mol. The lowest BCUT2D eigenvalue weighted by Gasteiger charge is -2.13. The third-order valence-corrected chi connectivity index (χ3v) is 8.41. The van der Waals surface area contributed by atoms with Crippen LogP contribution in [0.25, 0.3) is 82.3 Å². The van der Waals surface area contributed by atoms with Crippen molar-refractivity contribution in [2.75, 3.05) is 0 Å². The van der Waals surface area contributed by atoms with Crippen LogP contribution in [0.4, 0.5) is 0 Å². The van der Waals surface area contributed by atoms with E-state index >= 15 is 0 Å². The second-order valence-corrected chi connectivity index (χ2v) is 10.7. The van der Waals surface area contributed by atoms with Crippen LogP contribution >= 0.6 is 0 Å². The molecule has 3 nitrogen and oxygen atoms in total. The van der Waals surface area contributed by atoms with Crippen molar-refractivity contribution >= 4 is 60.0 Å². The lowest BCUT2D eigenvalue weighted by atomic mass is 9.95. The minimum atomic E-state index is 0.949. The van der Waals surface area contributed by atoms with E-state index in [0.717, 1.165) is 38.5 Å². The first-order valence-corrected chi connectivity index (χ1v) is 13.9. The van der Waals surface area contributed by atoms with Gasteiger partial charge in [-0.1, -0.05) is 103 Å². The third kappa shape index (κ3) is 3.26. The van der Waals surface area contributed by atoms with Gasteiger partial charge in [-0.2, -0.15) is 0 Å². The average Bonchev–Trinajstić information content (AvgIpc) is 3.44. The summed E-state index contributed by atoms with van der Waals surface area (Å²) in [5, 5.41) is 7.11. The van der Waals surface area contributed by atoms with Crippen molar-refractivity contribution in [1.82, 2.24) is 14.4 Å². The lowest BCUT2D eigenvalue weighted by Crippen LogP contribution is -1.94. The molecule has 0 N–H and O–H groups in total. The van der Waals surface area contributed by atoms with Gasteiger partial charge in [-0.05, 0) is 68.7 Å². The summed E-state index contributed by atoms with van der Waals surface area (Å²) >= 11 is 0. The van der Waals surface area contributed by atoms with Gasteiger partial charge >= 0.3 is 0 Å². The Morgan fingerprint density at radius 1 is 0.488 bits per heavy atom. The second kappa shape index (κ2) is 8.48. The summed E-state index contributed by atoms with van der Waals surface area (Å²) in [4.78, 5) is 9.93. The largest absolute Gasteiger partial charge is 0.292 e. The molecule has 9 rings (SSSR count). The molecule has 3 heteroatoms. The van der Waals surface area contributed by atoms with E-state index in [0.29, 0.717) is 0 Å². The summed E-state index contributed by atoms with van der Waals surface area (Å²) in [6, 6.07) is 47.8. The molecule has 0 aliphatic rings. The molecule has 3 aromatic heterocycles. The van der Waals surface area contributed by atoms with Crippen LogP contribution in [0.3, 0.4) is 0 Å². The van der Waals surface area contributed by atoms with Crippen LogP contribution in [-0.4, -0.2) is 14.4 Å². The Kier molecular flexibility index (Phi) is 4.61. The first-order chi connectivity index (χ1) is 20.3. The van der Waals surface area contributed by atoms with Gasteiger partial charge in [-0.25, -0.2) is 4.98 Å². The molecule has 0 spiro atoms. The van der Waals surface area contributed by atoms with Crippen molar-refractivity contribution in [3.05, 3.63) is 140 Å². The Labute approximate surface area is 236 Å². The fourth-order valence-corrected chi connectivity index (χ4v) is 6.48. The SMILES string of the molecule is c1ccc2c(-c3ccc(-c4ccc5c(c4)c4ccc6cccnc6c4c4nc6ccccc6n54)cc3)cccc2c1. The highest BCUT2D eigenvalue weighted by Gasteiger charge is 2.17. The Morgan fingerprint density at radius 2 is 1.27 bits per heavy atom. The zero-order valence-corrected chi connectivity index (χ0v) is 22.1. The number of imidazole rings is 1. The first kappa shape index (κ1) is 22.3. The molecular formula is C38H23N3. The number of nitrogens with zero attached hydrogens (tertiary/aromatic N) is 3. The van der Waals surface area contributed by atoms with Crippen LogP contribution in [0.1, 0.15) is 0 Å². The Hall–Kier alpha value is -5.54. The van der Waals surface area contributed by atoms with Gasteiger partial charge in [0, 0.05) is 17.0 Å². The molecule has 0 unspecified atom stereocenters. The molecule has 0 fully saturated rings. The number of rotatable bonds is 2. The summed E-state index contributed by atoms with van der Waals surface area (Å²) in [5.74, 6) is 0. The number of aromatic nitrogens is 3. The summed E-state index contributed by atoms with van der Waals surface area (Å²) in [5.41, 5.74) is 10.0. The van der Waals surface area contributed by atoms with Gasteiger partial charge in [-0.15, -0.1) is 0 Å². The van der Waals surface area contributed by atoms with Crippen molar-refractivity contribution in [3.8, 4) is 22.3 Å². The zero-order chi connectivity index (χ0) is 26.9. The molecule has 3 heterocycles. The van der Waals surface area contributed by atoms with E-state index in [9.17, 15) is 0 Å². The van der Waals surface area contributed by atoms with E-state index in [4.69, 9.17) is 9.97 Å². The van der Waals surface area contributed by atoms with Gasteiger partial charge < -0.3 is 0 Å². The predicted octanol–water partition coefficient (Wildman–Crippen LogP) is 9.83. The molecule has 0 atom stereocenters. The number of hydrogen-bond acceptors (Lipinski definition) is 2. The highest BCUT2D eigenvalue weighted by Crippen LogP contribution is 2.38. The van der Waals surface area contributed by atoms with E-state index < -0.39 is 0 Å².